The highest BCUT2D eigenvalue weighted by Crippen LogP contribution is 2.51. The maximum atomic E-state index is 15.1. The van der Waals surface area contributed by atoms with Crippen molar-refractivity contribution in [1.29, 1.82) is 0 Å². The third-order valence-corrected chi connectivity index (χ3v) is 16.6. The highest BCUT2D eigenvalue weighted by atomic mass is 16.6. The molecular formula is C53H95N3O8. The Hall–Kier alpha value is -2.24. The monoisotopic (exact) mass is 902 g/mol. The topological polar surface area (TPSA) is 141 Å². The molecule has 0 bridgehead atoms. The van der Waals surface area contributed by atoms with Gasteiger partial charge in [0.05, 0.1) is 5.92 Å². The fourth-order valence-electron chi connectivity index (χ4n) is 12.4. The summed E-state index contributed by atoms with van der Waals surface area (Å²) < 4.78 is 25.7. The van der Waals surface area contributed by atoms with Crippen LogP contribution in [0.25, 0.3) is 0 Å². The van der Waals surface area contributed by atoms with Gasteiger partial charge in [0, 0.05) is 78.2 Å². The Balaban J connectivity index is 1.75. The maximum Gasteiger partial charge on any atom is 0.321 e. The summed E-state index contributed by atoms with van der Waals surface area (Å²) in [6.07, 6.45) is 3.50. The molecule has 0 radical (unpaired) electrons. The largest absolute Gasteiger partial charge is 0.462 e. The lowest BCUT2D eigenvalue weighted by Crippen LogP contribution is -2.64. The normalized spacial score (nSPS) is 35.7. The fourth-order valence-corrected chi connectivity index (χ4v) is 12.4. The molecule has 3 aliphatic heterocycles. The second-order valence-corrected chi connectivity index (χ2v) is 26.4. The third kappa shape index (κ3) is 13.7. The van der Waals surface area contributed by atoms with Gasteiger partial charge in [-0.2, -0.15) is 0 Å². The highest BCUT2D eigenvalue weighted by molar-refractivity contribution is 5.99. The summed E-state index contributed by atoms with van der Waals surface area (Å²) in [5.74, 6) is -4.68. The van der Waals surface area contributed by atoms with Crippen LogP contribution in [0.4, 0.5) is 0 Å². The third-order valence-electron chi connectivity index (χ3n) is 16.6. The van der Waals surface area contributed by atoms with Gasteiger partial charge in [0.15, 0.2) is 5.92 Å². The van der Waals surface area contributed by atoms with Gasteiger partial charge < -0.3 is 34.9 Å². The van der Waals surface area contributed by atoms with Crippen LogP contribution in [0.2, 0.25) is 0 Å². The number of hydrogen-bond donors (Lipinski definition) is 3. The average Bonchev–Trinajstić information content (AvgIpc) is 3.06. The van der Waals surface area contributed by atoms with Crippen LogP contribution in [0.1, 0.15) is 209 Å². The van der Waals surface area contributed by atoms with Crippen molar-refractivity contribution < 1.29 is 38.1 Å². The van der Waals surface area contributed by atoms with Crippen molar-refractivity contribution >= 4 is 23.9 Å². The molecular weight excluding hydrogens is 807 g/mol. The quantitative estimate of drug-likeness (QED) is 0.0822. The Bertz CT molecular complexity index is 1610. The van der Waals surface area contributed by atoms with E-state index in [-0.39, 0.29) is 74.8 Å². The molecule has 370 valence electrons. The number of carbonyl (C=O) groups excluding carboxylic acids is 4. The summed E-state index contributed by atoms with van der Waals surface area (Å²) in [5.41, 5.74) is -2.15. The van der Waals surface area contributed by atoms with Crippen molar-refractivity contribution in [3.05, 3.63) is 0 Å². The lowest BCUT2D eigenvalue weighted by molar-refractivity contribution is -0.185. The molecule has 4 aliphatic rings. The number of piperidine rings is 3. The van der Waals surface area contributed by atoms with Crippen molar-refractivity contribution in [2.45, 2.75) is 267 Å². The van der Waals surface area contributed by atoms with Gasteiger partial charge >= 0.3 is 23.9 Å². The molecule has 3 N–H and O–H groups in total. The van der Waals surface area contributed by atoms with Crippen LogP contribution in [-0.2, 0) is 38.1 Å². The molecule has 1 aliphatic carbocycles. The average molecular weight is 902 g/mol. The van der Waals surface area contributed by atoms with Crippen LogP contribution < -0.4 is 16.0 Å². The zero-order valence-corrected chi connectivity index (χ0v) is 44.3. The van der Waals surface area contributed by atoms with Crippen LogP contribution in [0.5, 0.6) is 0 Å². The molecule has 9 atom stereocenters. The van der Waals surface area contributed by atoms with Gasteiger partial charge in [0.2, 0.25) is 0 Å². The minimum atomic E-state index is -1.65. The zero-order valence-electron chi connectivity index (χ0n) is 44.3. The van der Waals surface area contributed by atoms with E-state index in [0.29, 0.717) is 63.2 Å². The molecule has 0 aromatic heterocycles. The first kappa shape index (κ1) is 54.4. The Morgan fingerprint density at radius 3 is 1.16 bits per heavy atom. The van der Waals surface area contributed by atoms with Gasteiger partial charge in [-0.1, -0.05) is 76.2 Å². The zero-order chi connectivity index (χ0) is 48.8. The first-order valence-electron chi connectivity index (χ1n) is 25.1. The molecule has 0 aromatic carbocycles. The minimum Gasteiger partial charge on any atom is -0.462 e. The number of hydrogen-bond acceptors (Lipinski definition) is 11. The Morgan fingerprint density at radius 1 is 0.453 bits per heavy atom. The first-order chi connectivity index (χ1) is 28.9. The van der Waals surface area contributed by atoms with Gasteiger partial charge in [-0.3, -0.25) is 19.2 Å². The molecule has 3 heterocycles. The van der Waals surface area contributed by atoms with Crippen molar-refractivity contribution in [3.63, 3.8) is 0 Å². The summed E-state index contributed by atoms with van der Waals surface area (Å²) in [6, 6.07) is 0. The number of carbonyl (C=O) groups is 4. The first-order valence-corrected chi connectivity index (χ1v) is 25.1. The summed E-state index contributed by atoms with van der Waals surface area (Å²) >= 11 is 0. The number of ether oxygens (including phenoxy) is 4. The molecule has 9 unspecified atom stereocenters. The smallest absolute Gasteiger partial charge is 0.321 e. The van der Waals surface area contributed by atoms with Gasteiger partial charge in [-0.05, 0) is 122 Å². The van der Waals surface area contributed by atoms with Crippen LogP contribution >= 0.6 is 0 Å². The van der Waals surface area contributed by atoms with E-state index in [4.69, 9.17) is 18.9 Å². The standard InChI is InChI=1S/C53H95N3O8/c1-32(2)50(17)27-36(23-46(9,10)31-50)62-43(58)40(21-22-41(57)61-37-24-47(11,12)54-51(18,28-37)33(3)4)42(44(59)63-38-25-48(13,14)55-52(19,29-38)34(5)6)45(60)64-39-26-49(15,16)56-53(20,30-39)35(7)8/h32-40,42,54-56H,21-31H2,1-20H3. The number of rotatable bonds is 15. The molecule has 11 heteroatoms. The molecule has 0 amide bonds. The van der Waals surface area contributed by atoms with E-state index in [2.05, 4.69) is 154 Å². The van der Waals surface area contributed by atoms with E-state index in [1.54, 1.807) is 0 Å². The molecule has 64 heavy (non-hydrogen) atoms. The van der Waals surface area contributed by atoms with Gasteiger partial charge in [-0.15, -0.1) is 0 Å². The van der Waals surface area contributed by atoms with E-state index in [9.17, 15) is 4.79 Å². The summed E-state index contributed by atoms with van der Waals surface area (Å²) in [5, 5.41) is 11.3. The van der Waals surface area contributed by atoms with E-state index in [0.717, 1.165) is 6.42 Å². The molecule has 0 aromatic rings. The SMILES string of the molecule is CC(C)C1(C)CC(OC(=O)C(CCC(=O)OC2CC(C)(C)NC(C)(C(C)C)C2)C(C(=O)OC2CC(C)(C)NC(C)(C(C)C)C2)C(=O)OC2CC(C)(C)NC(C)(C(C)C)C2)CC(C)(C)C1. The maximum absolute atomic E-state index is 15.1. The van der Waals surface area contributed by atoms with E-state index < -0.39 is 54.0 Å². The van der Waals surface area contributed by atoms with Crippen molar-refractivity contribution in [2.75, 3.05) is 0 Å². The second-order valence-electron chi connectivity index (χ2n) is 26.4. The van der Waals surface area contributed by atoms with Gasteiger partial charge in [0.25, 0.3) is 0 Å². The second kappa shape index (κ2) is 19.4. The van der Waals surface area contributed by atoms with E-state index in [1.165, 1.54) is 0 Å². The Kier molecular flexibility index (Phi) is 16.5. The predicted molar refractivity (Wildman–Crippen MR) is 255 cm³/mol. The van der Waals surface area contributed by atoms with E-state index >= 15 is 14.4 Å². The summed E-state index contributed by atoms with van der Waals surface area (Å²) in [4.78, 5) is 59.2. The summed E-state index contributed by atoms with van der Waals surface area (Å²) in [7, 11) is 0. The molecule has 4 fully saturated rings. The minimum absolute atomic E-state index is 0.0911. The van der Waals surface area contributed by atoms with Crippen LogP contribution in [-0.4, -0.2) is 81.5 Å². The number of esters is 4. The Labute approximate surface area is 389 Å². The lowest BCUT2D eigenvalue weighted by Gasteiger charge is -2.50. The van der Waals surface area contributed by atoms with Gasteiger partial charge in [0.1, 0.15) is 24.4 Å². The Morgan fingerprint density at radius 2 is 0.797 bits per heavy atom. The molecule has 11 nitrogen and oxygen atoms in total. The molecule has 3 saturated heterocycles. The van der Waals surface area contributed by atoms with Crippen molar-refractivity contribution in [2.24, 2.45) is 46.3 Å². The molecule has 4 rings (SSSR count). The van der Waals surface area contributed by atoms with Crippen LogP contribution in [0, 0.1) is 46.3 Å². The molecule has 1 saturated carbocycles. The van der Waals surface area contributed by atoms with Gasteiger partial charge in [-0.25, -0.2) is 0 Å². The van der Waals surface area contributed by atoms with Crippen molar-refractivity contribution in [1.82, 2.24) is 16.0 Å². The molecule has 0 spiro atoms. The van der Waals surface area contributed by atoms with Crippen LogP contribution in [0.15, 0.2) is 0 Å². The number of nitrogens with one attached hydrogen (secondary N) is 3. The predicted octanol–water partition coefficient (Wildman–Crippen LogP) is 10.2. The van der Waals surface area contributed by atoms with Crippen molar-refractivity contribution in [3.8, 4) is 0 Å². The van der Waals surface area contributed by atoms with Crippen LogP contribution in [0.3, 0.4) is 0 Å². The summed E-state index contributed by atoms with van der Waals surface area (Å²) in [6.45, 7) is 43.1. The van der Waals surface area contributed by atoms with E-state index in [1.807, 2.05) is 0 Å². The highest BCUT2D eigenvalue weighted by Gasteiger charge is 2.52. The lowest BCUT2D eigenvalue weighted by atomic mass is 9.59. The fraction of sp³-hybridized carbons (Fsp3) is 0.925.